The van der Waals surface area contributed by atoms with Gasteiger partial charge in [0.15, 0.2) is 0 Å². The van der Waals surface area contributed by atoms with Crippen LogP contribution in [0, 0.1) is 11.8 Å². The lowest BCUT2D eigenvalue weighted by Crippen LogP contribution is -2.56. The van der Waals surface area contributed by atoms with Crippen molar-refractivity contribution >= 4 is 0 Å². The maximum absolute atomic E-state index is 6.26. The number of nitrogens with two attached hydrogens (primary N) is 1. The van der Waals surface area contributed by atoms with Crippen LogP contribution < -0.4 is 5.73 Å². The van der Waals surface area contributed by atoms with Crippen molar-refractivity contribution in [1.29, 1.82) is 0 Å². The molecule has 2 nitrogen and oxygen atoms in total. The zero-order chi connectivity index (χ0) is 13.8. The first kappa shape index (κ1) is 16.0. The second-order valence-corrected chi connectivity index (χ2v) is 7.05. The van der Waals surface area contributed by atoms with E-state index in [2.05, 4.69) is 39.5 Å². The molecule has 0 aromatic carbocycles. The molecule has 108 valence electrons. The molecule has 0 heterocycles. The van der Waals surface area contributed by atoms with Crippen LogP contribution in [0.4, 0.5) is 0 Å². The van der Waals surface area contributed by atoms with Crippen LogP contribution in [-0.4, -0.2) is 29.6 Å². The predicted octanol–water partition coefficient (Wildman–Crippen LogP) is 3.65. The zero-order valence-electron chi connectivity index (χ0n) is 13.2. The summed E-state index contributed by atoms with van der Waals surface area (Å²) in [6.07, 6.45) is 6.51. The third kappa shape index (κ3) is 4.24. The molecule has 0 aromatic heterocycles. The fourth-order valence-corrected chi connectivity index (χ4v) is 3.56. The van der Waals surface area contributed by atoms with Gasteiger partial charge in [-0.25, -0.2) is 0 Å². The molecule has 1 aliphatic rings. The molecule has 0 unspecified atom stereocenters. The first-order chi connectivity index (χ1) is 8.45. The van der Waals surface area contributed by atoms with Crippen LogP contribution >= 0.6 is 0 Å². The van der Waals surface area contributed by atoms with Crippen LogP contribution in [0.2, 0.25) is 0 Å². The second kappa shape index (κ2) is 6.91. The summed E-state index contributed by atoms with van der Waals surface area (Å²) < 4.78 is 0. The molecule has 0 saturated heterocycles. The van der Waals surface area contributed by atoms with E-state index >= 15 is 0 Å². The molecular formula is C16H34N2. The largest absolute Gasteiger partial charge is 0.329 e. The number of hydrogen-bond donors (Lipinski definition) is 1. The molecule has 1 saturated carbocycles. The molecule has 0 bridgehead atoms. The van der Waals surface area contributed by atoms with Crippen molar-refractivity contribution in [1.82, 2.24) is 4.90 Å². The summed E-state index contributed by atoms with van der Waals surface area (Å²) in [7, 11) is 0. The van der Waals surface area contributed by atoms with Gasteiger partial charge >= 0.3 is 0 Å². The highest BCUT2D eigenvalue weighted by molar-refractivity contribution is 5.00. The molecule has 0 radical (unpaired) electrons. The van der Waals surface area contributed by atoms with Gasteiger partial charge in [-0.1, -0.05) is 34.6 Å². The minimum Gasteiger partial charge on any atom is -0.329 e. The van der Waals surface area contributed by atoms with E-state index in [4.69, 9.17) is 5.73 Å². The van der Waals surface area contributed by atoms with E-state index in [9.17, 15) is 0 Å². The van der Waals surface area contributed by atoms with Crippen molar-refractivity contribution in [3.8, 4) is 0 Å². The Kier molecular flexibility index (Phi) is 6.13. The van der Waals surface area contributed by atoms with Crippen molar-refractivity contribution in [2.24, 2.45) is 17.6 Å². The van der Waals surface area contributed by atoms with E-state index in [0.29, 0.717) is 0 Å². The fourth-order valence-electron chi connectivity index (χ4n) is 3.56. The first-order valence-corrected chi connectivity index (χ1v) is 7.92. The average molecular weight is 254 g/mol. The van der Waals surface area contributed by atoms with Crippen LogP contribution in [0.15, 0.2) is 0 Å². The molecule has 1 aliphatic carbocycles. The Morgan fingerprint density at radius 1 is 1.11 bits per heavy atom. The van der Waals surface area contributed by atoms with E-state index in [0.717, 1.165) is 24.4 Å². The Morgan fingerprint density at radius 2 is 1.61 bits per heavy atom. The Balaban J connectivity index is 2.89. The predicted molar refractivity (Wildman–Crippen MR) is 80.7 cm³/mol. The van der Waals surface area contributed by atoms with Crippen molar-refractivity contribution < 1.29 is 0 Å². The quantitative estimate of drug-likeness (QED) is 0.680. The zero-order valence-corrected chi connectivity index (χ0v) is 13.2. The summed E-state index contributed by atoms with van der Waals surface area (Å²) in [5.74, 6) is 1.45. The SMILES string of the molecule is CCCN(C1CC1)C(CN)(CC(C)C)CC(C)C. The Hall–Kier alpha value is -0.0800. The van der Waals surface area contributed by atoms with Gasteiger partial charge in [-0.15, -0.1) is 0 Å². The van der Waals surface area contributed by atoms with E-state index in [1.165, 1.54) is 38.6 Å². The maximum Gasteiger partial charge on any atom is 0.0339 e. The van der Waals surface area contributed by atoms with Gasteiger partial charge in [0.2, 0.25) is 0 Å². The van der Waals surface area contributed by atoms with Crippen LogP contribution in [0.5, 0.6) is 0 Å². The smallest absolute Gasteiger partial charge is 0.0339 e. The summed E-state index contributed by atoms with van der Waals surface area (Å²) >= 11 is 0. The Labute approximate surface area is 114 Å². The highest BCUT2D eigenvalue weighted by Gasteiger charge is 2.43. The summed E-state index contributed by atoms with van der Waals surface area (Å²) in [5.41, 5.74) is 6.51. The molecular weight excluding hydrogens is 220 g/mol. The van der Waals surface area contributed by atoms with Crippen molar-refractivity contribution in [2.45, 2.75) is 78.3 Å². The molecule has 0 atom stereocenters. The molecule has 0 amide bonds. The summed E-state index contributed by atoms with van der Waals surface area (Å²) in [5, 5.41) is 0. The Bertz CT molecular complexity index is 221. The van der Waals surface area contributed by atoms with Crippen molar-refractivity contribution in [2.75, 3.05) is 13.1 Å². The summed E-state index contributed by atoms with van der Waals surface area (Å²) in [6.45, 7) is 13.7. The number of hydrogen-bond acceptors (Lipinski definition) is 2. The number of rotatable bonds is 9. The molecule has 0 spiro atoms. The number of nitrogens with zero attached hydrogens (tertiary/aromatic N) is 1. The molecule has 18 heavy (non-hydrogen) atoms. The van der Waals surface area contributed by atoms with Crippen LogP contribution in [-0.2, 0) is 0 Å². The normalized spacial score (nSPS) is 17.2. The van der Waals surface area contributed by atoms with Gasteiger partial charge in [0.25, 0.3) is 0 Å². The topological polar surface area (TPSA) is 29.3 Å². The molecule has 0 aliphatic heterocycles. The molecule has 1 fully saturated rings. The lowest BCUT2D eigenvalue weighted by Gasteiger charge is -2.46. The highest BCUT2D eigenvalue weighted by Crippen LogP contribution is 2.39. The first-order valence-electron chi connectivity index (χ1n) is 7.92. The summed E-state index contributed by atoms with van der Waals surface area (Å²) in [4.78, 5) is 2.77. The minimum absolute atomic E-state index is 0.250. The molecule has 2 N–H and O–H groups in total. The van der Waals surface area contributed by atoms with E-state index in [1.807, 2.05) is 0 Å². The van der Waals surface area contributed by atoms with Gasteiger partial charge < -0.3 is 5.73 Å². The van der Waals surface area contributed by atoms with Crippen molar-refractivity contribution in [3.05, 3.63) is 0 Å². The van der Waals surface area contributed by atoms with Gasteiger partial charge in [0, 0.05) is 18.1 Å². The lowest BCUT2D eigenvalue weighted by molar-refractivity contribution is 0.0453. The third-order valence-corrected chi connectivity index (χ3v) is 4.02. The molecule has 1 rings (SSSR count). The van der Waals surface area contributed by atoms with E-state index in [-0.39, 0.29) is 5.54 Å². The monoisotopic (exact) mass is 254 g/mol. The average Bonchev–Trinajstić information content (AvgIpc) is 3.07. The van der Waals surface area contributed by atoms with Gasteiger partial charge in [-0.05, 0) is 50.5 Å². The third-order valence-electron chi connectivity index (χ3n) is 4.02. The second-order valence-electron chi connectivity index (χ2n) is 7.05. The van der Waals surface area contributed by atoms with Gasteiger partial charge in [0.05, 0.1) is 0 Å². The van der Waals surface area contributed by atoms with E-state index < -0.39 is 0 Å². The van der Waals surface area contributed by atoms with Gasteiger partial charge in [-0.3, -0.25) is 4.90 Å². The van der Waals surface area contributed by atoms with Crippen molar-refractivity contribution in [3.63, 3.8) is 0 Å². The van der Waals surface area contributed by atoms with Gasteiger partial charge in [-0.2, -0.15) is 0 Å². The fraction of sp³-hybridized carbons (Fsp3) is 1.00. The highest BCUT2D eigenvalue weighted by atomic mass is 15.3. The van der Waals surface area contributed by atoms with Gasteiger partial charge in [0.1, 0.15) is 0 Å². The lowest BCUT2D eigenvalue weighted by atomic mass is 9.80. The summed E-state index contributed by atoms with van der Waals surface area (Å²) in [6, 6.07) is 0.825. The van der Waals surface area contributed by atoms with E-state index in [1.54, 1.807) is 0 Å². The Morgan fingerprint density at radius 3 is 1.89 bits per heavy atom. The van der Waals surface area contributed by atoms with Crippen LogP contribution in [0.1, 0.15) is 66.7 Å². The van der Waals surface area contributed by atoms with Crippen LogP contribution in [0.3, 0.4) is 0 Å². The molecule has 0 aromatic rings. The standard InChI is InChI=1S/C16H34N2/c1-6-9-18(15-7-8-15)16(12-17,10-13(2)3)11-14(4)5/h13-15H,6-12,17H2,1-5H3. The maximum atomic E-state index is 6.26. The molecule has 2 heteroatoms. The van der Waals surface area contributed by atoms with Crippen LogP contribution in [0.25, 0.3) is 0 Å². The minimum atomic E-state index is 0.250.